The van der Waals surface area contributed by atoms with Crippen LogP contribution in [0.1, 0.15) is 43.9 Å². The summed E-state index contributed by atoms with van der Waals surface area (Å²) in [5.74, 6) is 2.63. The second-order valence-electron chi connectivity index (χ2n) is 9.54. The molecule has 2 heterocycles. The minimum absolute atomic E-state index is 0.118. The molecule has 7 nitrogen and oxygen atoms in total. The molecule has 170 valence electrons. The zero-order valence-electron chi connectivity index (χ0n) is 19.6. The van der Waals surface area contributed by atoms with Crippen molar-refractivity contribution in [1.29, 1.82) is 0 Å². The van der Waals surface area contributed by atoms with Gasteiger partial charge in [-0.1, -0.05) is 49.7 Å². The Kier molecular flexibility index (Phi) is 5.00. The summed E-state index contributed by atoms with van der Waals surface area (Å²) in [6, 6.07) is 13.5. The second-order valence-corrected chi connectivity index (χ2v) is 9.54. The first-order chi connectivity index (χ1) is 15.8. The summed E-state index contributed by atoms with van der Waals surface area (Å²) < 4.78 is 12.8. The van der Waals surface area contributed by atoms with Gasteiger partial charge in [0.1, 0.15) is 6.04 Å². The molecule has 0 fully saturated rings. The van der Waals surface area contributed by atoms with Gasteiger partial charge in [0, 0.05) is 23.3 Å². The Balaban J connectivity index is 1.68. The molecule has 7 heteroatoms. The summed E-state index contributed by atoms with van der Waals surface area (Å²) in [6.07, 6.45) is 1.26. The molecule has 0 saturated carbocycles. The lowest BCUT2D eigenvalue weighted by molar-refractivity contribution is -0.118. The zero-order chi connectivity index (χ0) is 23.3. The van der Waals surface area contributed by atoms with Gasteiger partial charge < -0.3 is 14.8 Å². The summed E-state index contributed by atoms with van der Waals surface area (Å²) in [4.78, 5) is 18.2. The number of hydrogen-bond donors (Lipinski definition) is 1. The molecule has 33 heavy (non-hydrogen) atoms. The Morgan fingerprint density at radius 1 is 1.03 bits per heavy atom. The number of ether oxygens (including phenoxy) is 2. The van der Waals surface area contributed by atoms with Gasteiger partial charge in [-0.15, -0.1) is 5.10 Å². The largest absolute Gasteiger partial charge is 0.493 e. The van der Waals surface area contributed by atoms with E-state index in [2.05, 4.69) is 26.1 Å². The average molecular weight is 445 g/mol. The average Bonchev–Trinajstić information content (AvgIpc) is 3.20. The molecule has 2 aromatic carbocycles. The first-order valence-corrected chi connectivity index (χ1v) is 11.1. The third kappa shape index (κ3) is 3.67. The van der Waals surface area contributed by atoms with E-state index in [1.165, 1.54) is 5.56 Å². The Morgan fingerprint density at radius 3 is 2.45 bits per heavy atom. The van der Waals surface area contributed by atoms with Crippen molar-refractivity contribution >= 4 is 11.7 Å². The Bertz CT molecular complexity index is 1270. The number of carbonyl (C=O) groups is 1. The van der Waals surface area contributed by atoms with E-state index in [0.717, 1.165) is 28.8 Å². The predicted octanol–water partition coefficient (Wildman–Crippen LogP) is 4.93. The Hall–Kier alpha value is -3.61. The number of Topliss-reactive ketones (excluding diaryl/α,β-unsaturated/α-hetero) is 1. The van der Waals surface area contributed by atoms with Crippen LogP contribution in [0.3, 0.4) is 0 Å². The summed E-state index contributed by atoms with van der Waals surface area (Å²) in [5, 5.41) is 8.28. The van der Waals surface area contributed by atoms with Crippen LogP contribution in [-0.2, 0) is 4.79 Å². The number of benzene rings is 2. The number of nitrogens with zero attached hydrogens (tertiary/aromatic N) is 3. The first-order valence-electron chi connectivity index (χ1n) is 11.1. The summed E-state index contributed by atoms with van der Waals surface area (Å²) >= 11 is 0. The molecule has 1 aromatic heterocycles. The van der Waals surface area contributed by atoms with E-state index in [1.54, 1.807) is 14.2 Å². The van der Waals surface area contributed by atoms with Crippen molar-refractivity contribution in [2.75, 3.05) is 19.5 Å². The van der Waals surface area contributed by atoms with Crippen molar-refractivity contribution in [2.24, 2.45) is 5.41 Å². The molecule has 1 unspecified atom stereocenters. The summed E-state index contributed by atoms with van der Waals surface area (Å²) in [5.41, 5.74) is 4.55. The van der Waals surface area contributed by atoms with Crippen LogP contribution >= 0.6 is 0 Å². The maximum Gasteiger partial charge on any atom is 0.226 e. The van der Waals surface area contributed by atoms with Gasteiger partial charge in [0.25, 0.3) is 0 Å². The van der Waals surface area contributed by atoms with Gasteiger partial charge in [0.15, 0.2) is 23.1 Å². The highest BCUT2D eigenvalue weighted by molar-refractivity contribution is 6.00. The maximum atomic E-state index is 13.4. The van der Waals surface area contributed by atoms with Crippen LogP contribution in [0.4, 0.5) is 5.95 Å². The minimum Gasteiger partial charge on any atom is -0.493 e. The van der Waals surface area contributed by atoms with E-state index in [1.807, 2.05) is 47.1 Å². The fourth-order valence-corrected chi connectivity index (χ4v) is 4.76. The van der Waals surface area contributed by atoms with Crippen molar-refractivity contribution in [1.82, 2.24) is 14.8 Å². The molecule has 2 aliphatic rings. The number of rotatable bonds is 4. The molecule has 1 N–H and O–H groups in total. The fourth-order valence-electron chi connectivity index (χ4n) is 4.76. The molecule has 3 aromatic rings. The number of methoxy groups -OCH3 is 2. The number of ketones is 1. The smallest absolute Gasteiger partial charge is 0.226 e. The molecule has 1 atom stereocenters. The first kappa shape index (κ1) is 21.2. The quantitative estimate of drug-likeness (QED) is 0.615. The van der Waals surface area contributed by atoms with Gasteiger partial charge in [-0.2, -0.15) is 4.98 Å². The molecule has 0 amide bonds. The van der Waals surface area contributed by atoms with Gasteiger partial charge >= 0.3 is 0 Å². The molecule has 0 spiro atoms. The monoisotopic (exact) mass is 444 g/mol. The summed E-state index contributed by atoms with van der Waals surface area (Å²) in [7, 11) is 3.22. The van der Waals surface area contributed by atoms with Crippen molar-refractivity contribution < 1.29 is 14.3 Å². The van der Waals surface area contributed by atoms with E-state index in [4.69, 9.17) is 19.6 Å². The van der Waals surface area contributed by atoms with Crippen LogP contribution in [0.15, 0.2) is 53.7 Å². The van der Waals surface area contributed by atoms with Crippen molar-refractivity contribution in [2.45, 2.75) is 39.7 Å². The standard InChI is InChI=1S/C26H28N4O3/c1-15-6-8-16(9-7-15)24-28-25-27-18-13-26(2,3)14-19(31)22(18)23(30(25)29-24)17-10-11-20(32-4)21(12-17)33-5/h6-12,23H,13-14H2,1-5H3,(H,27,28,29). The molecule has 1 aliphatic carbocycles. The minimum atomic E-state index is -0.397. The third-order valence-corrected chi connectivity index (χ3v) is 6.37. The van der Waals surface area contributed by atoms with Crippen molar-refractivity contribution in [3.8, 4) is 22.9 Å². The number of aryl methyl sites for hydroxylation is 1. The number of hydrogen-bond acceptors (Lipinski definition) is 6. The van der Waals surface area contributed by atoms with E-state index in [9.17, 15) is 4.79 Å². The highest BCUT2D eigenvalue weighted by Crippen LogP contribution is 2.46. The van der Waals surface area contributed by atoms with E-state index in [0.29, 0.717) is 29.7 Å². The van der Waals surface area contributed by atoms with Crippen LogP contribution < -0.4 is 14.8 Å². The lowest BCUT2D eigenvalue weighted by Crippen LogP contribution is -2.36. The highest BCUT2D eigenvalue weighted by Gasteiger charge is 2.42. The van der Waals surface area contributed by atoms with E-state index in [-0.39, 0.29) is 11.2 Å². The highest BCUT2D eigenvalue weighted by atomic mass is 16.5. The molecule has 1 aliphatic heterocycles. The SMILES string of the molecule is COc1ccc(C2C3=C(CC(C)(C)CC3=O)Nc3nc(-c4ccc(C)cc4)nn32)cc1OC. The van der Waals surface area contributed by atoms with Crippen LogP contribution in [0.5, 0.6) is 11.5 Å². The van der Waals surface area contributed by atoms with E-state index < -0.39 is 6.04 Å². The topological polar surface area (TPSA) is 78.3 Å². The summed E-state index contributed by atoms with van der Waals surface area (Å²) in [6.45, 7) is 6.30. The van der Waals surface area contributed by atoms with Gasteiger partial charge in [0.2, 0.25) is 5.95 Å². The number of aromatic nitrogens is 3. The maximum absolute atomic E-state index is 13.4. The van der Waals surface area contributed by atoms with Crippen molar-refractivity contribution in [3.05, 3.63) is 64.9 Å². The van der Waals surface area contributed by atoms with Crippen LogP contribution in [0.2, 0.25) is 0 Å². The number of carbonyl (C=O) groups excluding carboxylic acids is 1. The molecule has 5 rings (SSSR count). The van der Waals surface area contributed by atoms with Gasteiger partial charge in [-0.25, -0.2) is 4.68 Å². The number of fused-ring (bicyclic) bond motifs is 1. The molecule has 0 radical (unpaired) electrons. The number of allylic oxidation sites excluding steroid dienone is 2. The lowest BCUT2D eigenvalue weighted by atomic mass is 9.73. The van der Waals surface area contributed by atoms with Gasteiger partial charge in [-0.05, 0) is 36.5 Å². The lowest BCUT2D eigenvalue weighted by Gasteiger charge is -2.38. The number of nitrogens with one attached hydrogen (secondary N) is 1. The van der Waals surface area contributed by atoms with Crippen LogP contribution in [-0.4, -0.2) is 34.8 Å². The van der Waals surface area contributed by atoms with E-state index >= 15 is 0 Å². The van der Waals surface area contributed by atoms with Crippen LogP contribution in [0.25, 0.3) is 11.4 Å². The van der Waals surface area contributed by atoms with Gasteiger partial charge in [-0.3, -0.25) is 4.79 Å². The van der Waals surface area contributed by atoms with Crippen LogP contribution in [0, 0.1) is 12.3 Å². The third-order valence-electron chi connectivity index (χ3n) is 6.37. The molecular formula is C26H28N4O3. The molecule has 0 saturated heterocycles. The second kappa shape index (κ2) is 7.76. The molecular weight excluding hydrogens is 416 g/mol. The zero-order valence-corrected chi connectivity index (χ0v) is 19.6. The Labute approximate surface area is 193 Å². The van der Waals surface area contributed by atoms with Crippen molar-refractivity contribution in [3.63, 3.8) is 0 Å². The number of anilines is 1. The predicted molar refractivity (Wildman–Crippen MR) is 127 cm³/mol. The molecule has 0 bridgehead atoms. The normalized spacial score (nSPS) is 18.9. The fraction of sp³-hybridized carbons (Fsp3) is 0.346. The Morgan fingerprint density at radius 2 is 1.76 bits per heavy atom. The van der Waals surface area contributed by atoms with Gasteiger partial charge in [0.05, 0.1) is 14.2 Å².